The first kappa shape index (κ1) is 17.8. The van der Waals surface area contributed by atoms with Crippen LogP contribution in [0.15, 0.2) is 24.3 Å². The molecule has 6 heteroatoms. The average molecular weight is 338 g/mol. The van der Waals surface area contributed by atoms with E-state index < -0.39 is 5.92 Å². The molecule has 0 aromatic heterocycles. The Morgan fingerprint density at radius 2 is 2.22 bits per heavy atom. The third kappa shape index (κ3) is 4.69. The monoisotopic (exact) mass is 337 g/mol. The summed E-state index contributed by atoms with van der Waals surface area (Å²) >= 11 is 6.01. The standard InChI is InChI=1S/C17H24ClN3O2/c1-20-9-3-2-7-15(16(20)22)17(23)21(10-8-19)12-13-5-4-6-14(18)11-13/h4-6,11,15H,2-3,7-10,12,19H2,1H3/t15-/m1/s1. The number of halogens is 1. The maximum atomic E-state index is 12.9. The molecular formula is C17H24ClN3O2. The summed E-state index contributed by atoms with van der Waals surface area (Å²) < 4.78 is 0. The van der Waals surface area contributed by atoms with Crippen LogP contribution in [0.2, 0.25) is 5.02 Å². The molecule has 5 nitrogen and oxygen atoms in total. The average Bonchev–Trinajstić information content (AvgIpc) is 2.69. The van der Waals surface area contributed by atoms with E-state index in [9.17, 15) is 9.59 Å². The molecule has 1 fully saturated rings. The van der Waals surface area contributed by atoms with Crippen molar-refractivity contribution in [1.29, 1.82) is 0 Å². The van der Waals surface area contributed by atoms with Crippen molar-refractivity contribution < 1.29 is 9.59 Å². The summed E-state index contributed by atoms with van der Waals surface area (Å²) in [5, 5.41) is 0.632. The first-order chi connectivity index (χ1) is 11.0. The van der Waals surface area contributed by atoms with Gasteiger partial charge in [-0.2, -0.15) is 0 Å². The third-order valence-corrected chi connectivity index (χ3v) is 4.42. The lowest BCUT2D eigenvalue weighted by molar-refractivity contribution is -0.146. The predicted octanol–water partition coefficient (Wildman–Crippen LogP) is 1.89. The molecule has 1 saturated heterocycles. The van der Waals surface area contributed by atoms with Crippen LogP contribution in [-0.2, 0) is 16.1 Å². The van der Waals surface area contributed by atoms with Crippen LogP contribution in [0.25, 0.3) is 0 Å². The van der Waals surface area contributed by atoms with Crippen LogP contribution in [-0.4, -0.2) is 48.3 Å². The van der Waals surface area contributed by atoms with Crippen molar-refractivity contribution in [3.05, 3.63) is 34.9 Å². The van der Waals surface area contributed by atoms with E-state index >= 15 is 0 Å². The fraction of sp³-hybridized carbons (Fsp3) is 0.529. The van der Waals surface area contributed by atoms with Gasteiger partial charge in [0, 0.05) is 38.2 Å². The van der Waals surface area contributed by atoms with Gasteiger partial charge < -0.3 is 15.5 Å². The molecule has 1 aliphatic heterocycles. The van der Waals surface area contributed by atoms with Gasteiger partial charge in [0.1, 0.15) is 5.92 Å². The number of carbonyl (C=O) groups is 2. The van der Waals surface area contributed by atoms with Crippen molar-refractivity contribution in [3.63, 3.8) is 0 Å². The van der Waals surface area contributed by atoms with Crippen molar-refractivity contribution in [1.82, 2.24) is 9.80 Å². The van der Waals surface area contributed by atoms with Gasteiger partial charge in [-0.05, 0) is 30.5 Å². The van der Waals surface area contributed by atoms with Gasteiger partial charge >= 0.3 is 0 Å². The first-order valence-electron chi connectivity index (χ1n) is 8.01. The maximum absolute atomic E-state index is 12.9. The smallest absolute Gasteiger partial charge is 0.235 e. The zero-order valence-electron chi connectivity index (χ0n) is 13.5. The van der Waals surface area contributed by atoms with Crippen LogP contribution in [0.4, 0.5) is 0 Å². The number of carbonyl (C=O) groups excluding carboxylic acids is 2. The second kappa shape index (κ2) is 8.31. The molecule has 0 bridgehead atoms. The normalized spacial score (nSPS) is 18.7. The molecule has 0 saturated carbocycles. The van der Waals surface area contributed by atoms with E-state index in [0.717, 1.165) is 18.4 Å². The first-order valence-corrected chi connectivity index (χ1v) is 8.39. The van der Waals surface area contributed by atoms with Crippen LogP contribution >= 0.6 is 11.6 Å². The lowest BCUT2D eigenvalue weighted by atomic mass is 10.0. The SMILES string of the molecule is CN1CCCC[C@@H](C(=O)N(CCN)Cc2cccc(Cl)c2)C1=O. The second-order valence-corrected chi connectivity index (χ2v) is 6.42. The van der Waals surface area contributed by atoms with E-state index in [1.54, 1.807) is 22.9 Å². The molecule has 0 spiro atoms. The Bertz CT molecular complexity index is 565. The van der Waals surface area contributed by atoms with E-state index in [-0.39, 0.29) is 11.8 Å². The summed E-state index contributed by atoms with van der Waals surface area (Å²) in [5.74, 6) is -0.803. The topological polar surface area (TPSA) is 66.6 Å². The van der Waals surface area contributed by atoms with E-state index in [0.29, 0.717) is 37.6 Å². The number of hydrogen-bond donors (Lipinski definition) is 1. The number of hydrogen-bond acceptors (Lipinski definition) is 3. The van der Waals surface area contributed by atoms with Gasteiger partial charge in [0.2, 0.25) is 11.8 Å². The van der Waals surface area contributed by atoms with Gasteiger partial charge in [-0.25, -0.2) is 0 Å². The van der Waals surface area contributed by atoms with Crippen molar-refractivity contribution >= 4 is 23.4 Å². The lowest BCUT2D eigenvalue weighted by Gasteiger charge is -2.27. The third-order valence-electron chi connectivity index (χ3n) is 4.18. The highest BCUT2D eigenvalue weighted by Crippen LogP contribution is 2.21. The van der Waals surface area contributed by atoms with Crippen molar-refractivity contribution in [2.75, 3.05) is 26.7 Å². The highest BCUT2D eigenvalue weighted by molar-refractivity contribution is 6.30. The van der Waals surface area contributed by atoms with Gasteiger partial charge in [-0.15, -0.1) is 0 Å². The molecule has 1 aliphatic rings. The molecule has 0 aliphatic carbocycles. The second-order valence-electron chi connectivity index (χ2n) is 5.99. The highest BCUT2D eigenvalue weighted by Gasteiger charge is 2.33. The Morgan fingerprint density at radius 3 is 2.91 bits per heavy atom. The summed E-state index contributed by atoms with van der Waals surface area (Å²) in [5.41, 5.74) is 6.60. The zero-order valence-corrected chi connectivity index (χ0v) is 14.3. The molecule has 126 valence electrons. The van der Waals surface area contributed by atoms with E-state index in [2.05, 4.69) is 0 Å². The van der Waals surface area contributed by atoms with Gasteiger partial charge in [0.05, 0.1) is 0 Å². The van der Waals surface area contributed by atoms with Crippen molar-refractivity contribution in [2.24, 2.45) is 11.7 Å². The number of amides is 2. The minimum absolute atomic E-state index is 0.0828. The quantitative estimate of drug-likeness (QED) is 0.834. The molecule has 2 amide bonds. The molecule has 1 aromatic rings. The van der Waals surface area contributed by atoms with Gasteiger partial charge in [-0.1, -0.05) is 30.2 Å². The Balaban J connectivity index is 2.15. The van der Waals surface area contributed by atoms with E-state index in [1.807, 2.05) is 18.2 Å². The zero-order chi connectivity index (χ0) is 16.8. The van der Waals surface area contributed by atoms with Crippen LogP contribution in [0.3, 0.4) is 0 Å². The Kier molecular flexibility index (Phi) is 6.42. The van der Waals surface area contributed by atoms with Crippen LogP contribution in [0, 0.1) is 5.92 Å². The molecular weight excluding hydrogens is 314 g/mol. The summed E-state index contributed by atoms with van der Waals surface area (Å²) in [7, 11) is 1.76. The molecule has 2 N–H and O–H groups in total. The summed E-state index contributed by atoms with van der Waals surface area (Å²) in [6, 6.07) is 7.40. The summed E-state index contributed by atoms with van der Waals surface area (Å²) in [6.07, 6.45) is 2.44. The Labute approximate surface area is 142 Å². The lowest BCUT2D eigenvalue weighted by Crippen LogP contribution is -2.44. The number of nitrogens with zero attached hydrogens (tertiary/aromatic N) is 2. The van der Waals surface area contributed by atoms with Crippen LogP contribution < -0.4 is 5.73 Å². The van der Waals surface area contributed by atoms with Crippen LogP contribution in [0.1, 0.15) is 24.8 Å². The molecule has 1 atom stereocenters. The van der Waals surface area contributed by atoms with E-state index in [1.165, 1.54) is 0 Å². The predicted molar refractivity (Wildman–Crippen MR) is 90.9 cm³/mol. The van der Waals surface area contributed by atoms with Crippen LogP contribution in [0.5, 0.6) is 0 Å². The van der Waals surface area contributed by atoms with Gasteiger partial charge in [0.25, 0.3) is 0 Å². The molecule has 0 unspecified atom stereocenters. The number of likely N-dealkylation sites (tertiary alicyclic amines) is 1. The largest absolute Gasteiger partial charge is 0.345 e. The molecule has 1 aromatic carbocycles. The Morgan fingerprint density at radius 1 is 1.43 bits per heavy atom. The summed E-state index contributed by atoms with van der Waals surface area (Å²) in [4.78, 5) is 28.6. The Hall–Kier alpha value is -1.59. The fourth-order valence-electron chi connectivity index (χ4n) is 2.93. The minimum atomic E-state index is -0.590. The molecule has 0 radical (unpaired) electrons. The van der Waals surface area contributed by atoms with Gasteiger partial charge in [0.15, 0.2) is 0 Å². The van der Waals surface area contributed by atoms with E-state index in [4.69, 9.17) is 17.3 Å². The molecule has 1 heterocycles. The summed E-state index contributed by atoms with van der Waals surface area (Å²) in [6.45, 7) is 1.93. The molecule has 2 rings (SSSR count). The highest BCUT2D eigenvalue weighted by atomic mass is 35.5. The van der Waals surface area contributed by atoms with Gasteiger partial charge in [-0.3, -0.25) is 9.59 Å². The number of rotatable bonds is 5. The maximum Gasteiger partial charge on any atom is 0.235 e. The number of benzene rings is 1. The molecule has 23 heavy (non-hydrogen) atoms. The van der Waals surface area contributed by atoms with Crippen molar-refractivity contribution in [2.45, 2.75) is 25.8 Å². The fourth-order valence-corrected chi connectivity index (χ4v) is 3.14. The number of nitrogens with two attached hydrogens (primary N) is 1. The minimum Gasteiger partial charge on any atom is -0.345 e. The van der Waals surface area contributed by atoms with Crippen molar-refractivity contribution in [3.8, 4) is 0 Å².